The number of fused-ring (bicyclic) bond motifs is 2. The molecule has 1 aromatic carbocycles. The number of thiophene rings is 1. The van der Waals surface area contributed by atoms with Crippen molar-refractivity contribution in [1.82, 2.24) is 9.55 Å². The van der Waals surface area contributed by atoms with Crippen LogP contribution >= 0.6 is 22.7 Å². The highest BCUT2D eigenvalue weighted by atomic mass is 32.1. The molecule has 28 heavy (non-hydrogen) atoms. The Morgan fingerprint density at radius 2 is 2.11 bits per heavy atom. The van der Waals surface area contributed by atoms with E-state index in [1.807, 2.05) is 31.2 Å². The highest BCUT2D eigenvalue weighted by Crippen LogP contribution is 2.37. The van der Waals surface area contributed by atoms with Crippen LogP contribution in [0.15, 0.2) is 35.7 Å². The topological polar surface area (TPSA) is 56.1 Å². The Balaban J connectivity index is 1.46. The van der Waals surface area contributed by atoms with E-state index in [1.165, 1.54) is 34.4 Å². The van der Waals surface area contributed by atoms with Crippen molar-refractivity contribution >= 4 is 54.1 Å². The molecule has 0 unspecified atom stereocenters. The van der Waals surface area contributed by atoms with Gasteiger partial charge in [0.15, 0.2) is 5.13 Å². The normalized spacial score (nSPS) is 14.9. The van der Waals surface area contributed by atoms with Crippen LogP contribution in [0.2, 0.25) is 0 Å². The molecule has 0 radical (unpaired) electrons. The highest BCUT2D eigenvalue weighted by molar-refractivity contribution is 7.22. The minimum absolute atomic E-state index is 0.0839. The van der Waals surface area contributed by atoms with Gasteiger partial charge in [-0.2, -0.15) is 0 Å². The Morgan fingerprint density at radius 1 is 1.25 bits per heavy atom. The molecule has 0 atom stereocenters. The number of aromatic nitrogens is 2. The van der Waals surface area contributed by atoms with E-state index in [2.05, 4.69) is 26.3 Å². The number of nitrogens with zero attached hydrogens (tertiary/aromatic N) is 2. The fourth-order valence-electron chi connectivity index (χ4n) is 4.05. The number of thiazole rings is 1. The third-order valence-corrected chi connectivity index (χ3v) is 7.06. The van der Waals surface area contributed by atoms with E-state index in [4.69, 9.17) is 4.74 Å². The summed E-state index contributed by atoms with van der Waals surface area (Å²) >= 11 is 3.16. The molecule has 1 aliphatic carbocycles. The summed E-state index contributed by atoms with van der Waals surface area (Å²) in [5.41, 5.74) is 2.78. The van der Waals surface area contributed by atoms with E-state index < -0.39 is 0 Å². The largest absolute Gasteiger partial charge is 0.494 e. The number of carbonyl (C=O) groups excluding carboxylic acids is 1. The van der Waals surface area contributed by atoms with Gasteiger partial charge in [0.25, 0.3) is 5.91 Å². The molecule has 1 amide bonds. The number of carbonyl (C=O) groups is 1. The van der Waals surface area contributed by atoms with E-state index >= 15 is 0 Å². The monoisotopic (exact) mass is 411 g/mol. The minimum atomic E-state index is -0.0839. The summed E-state index contributed by atoms with van der Waals surface area (Å²) in [4.78, 5) is 17.7. The van der Waals surface area contributed by atoms with Gasteiger partial charge in [0, 0.05) is 6.04 Å². The summed E-state index contributed by atoms with van der Waals surface area (Å²) in [7, 11) is 0. The maximum Gasteiger partial charge on any atom is 0.274 e. The zero-order valence-electron chi connectivity index (χ0n) is 15.6. The average Bonchev–Trinajstić information content (AvgIpc) is 3.44. The molecule has 1 fully saturated rings. The predicted octanol–water partition coefficient (Wildman–Crippen LogP) is 6.08. The second kappa shape index (κ2) is 7.22. The van der Waals surface area contributed by atoms with E-state index in [0.717, 1.165) is 34.5 Å². The lowest BCUT2D eigenvalue weighted by molar-refractivity contribution is 0.101. The third kappa shape index (κ3) is 3.08. The molecule has 7 heteroatoms. The molecular formula is C21H21N3O2S2. The van der Waals surface area contributed by atoms with Crippen LogP contribution in [-0.2, 0) is 0 Å². The first kappa shape index (κ1) is 17.7. The summed E-state index contributed by atoms with van der Waals surface area (Å²) in [6.07, 6.45) is 4.74. The van der Waals surface area contributed by atoms with Crippen molar-refractivity contribution in [2.24, 2.45) is 0 Å². The molecule has 5 rings (SSSR count). The zero-order chi connectivity index (χ0) is 19.1. The Labute approximate surface area is 171 Å². The van der Waals surface area contributed by atoms with Crippen LogP contribution in [0, 0.1) is 0 Å². The van der Waals surface area contributed by atoms with Gasteiger partial charge in [0.2, 0.25) is 0 Å². The Bertz CT molecular complexity index is 1150. The van der Waals surface area contributed by atoms with E-state index in [1.54, 1.807) is 11.3 Å². The lowest BCUT2D eigenvalue weighted by Gasteiger charge is -2.16. The summed E-state index contributed by atoms with van der Waals surface area (Å²) in [5, 5.41) is 5.75. The summed E-state index contributed by atoms with van der Waals surface area (Å²) < 4.78 is 9.98. The van der Waals surface area contributed by atoms with Gasteiger partial charge in [-0.25, -0.2) is 4.98 Å². The molecule has 3 aromatic heterocycles. The van der Waals surface area contributed by atoms with Crippen molar-refractivity contribution in [2.75, 3.05) is 11.9 Å². The fraction of sp³-hybridized carbons (Fsp3) is 0.333. The number of benzene rings is 1. The maximum absolute atomic E-state index is 13.1. The van der Waals surface area contributed by atoms with Crippen molar-refractivity contribution < 1.29 is 9.53 Å². The summed E-state index contributed by atoms with van der Waals surface area (Å²) in [6.45, 7) is 2.59. The molecule has 5 nitrogen and oxygen atoms in total. The van der Waals surface area contributed by atoms with Gasteiger partial charge in [-0.05, 0) is 55.5 Å². The lowest BCUT2D eigenvalue weighted by atomic mass is 10.2. The number of hydrogen-bond acceptors (Lipinski definition) is 5. The quantitative estimate of drug-likeness (QED) is 0.433. The fourth-order valence-corrected chi connectivity index (χ4v) is 5.75. The second-order valence-electron chi connectivity index (χ2n) is 7.04. The number of amides is 1. The molecule has 3 heterocycles. The van der Waals surface area contributed by atoms with Crippen molar-refractivity contribution in [3.8, 4) is 5.75 Å². The smallest absolute Gasteiger partial charge is 0.274 e. The van der Waals surface area contributed by atoms with Crippen molar-refractivity contribution in [2.45, 2.75) is 38.6 Å². The average molecular weight is 412 g/mol. The third-order valence-electron chi connectivity index (χ3n) is 5.27. The molecular weight excluding hydrogens is 390 g/mol. The first-order valence-corrected chi connectivity index (χ1v) is 11.4. The Kier molecular flexibility index (Phi) is 4.56. The van der Waals surface area contributed by atoms with Crippen LogP contribution in [0.3, 0.4) is 0 Å². The first-order valence-electron chi connectivity index (χ1n) is 9.66. The summed E-state index contributed by atoms with van der Waals surface area (Å²) in [6, 6.07) is 10.4. The lowest BCUT2D eigenvalue weighted by Crippen LogP contribution is -2.19. The number of rotatable bonds is 5. The summed E-state index contributed by atoms with van der Waals surface area (Å²) in [5.74, 6) is 0.742. The van der Waals surface area contributed by atoms with Crippen LogP contribution in [0.4, 0.5) is 5.13 Å². The Morgan fingerprint density at radius 3 is 2.93 bits per heavy atom. The molecule has 1 N–H and O–H groups in total. The highest BCUT2D eigenvalue weighted by Gasteiger charge is 2.25. The number of hydrogen-bond donors (Lipinski definition) is 1. The van der Waals surface area contributed by atoms with Crippen LogP contribution in [0.25, 0.3) is 20.4 Å². The molecule has 0 bridgehead atoms. The van der Waals surface area contributed by atoms with Crippen molar-refractivity contribution in [3.05, 3.63) is 41.4 Å². The van der Waals surface area contributed by atoms with Crippen LogP contribution in [0.1, 0.15) is 49.1 Å². The first-order chi connectivity index (χ1) is 13.7. The Hall–Kier alpha value is -2.38. The molecule has 0 saturated heterocycles. The molecule has 144 valence electrons. The number of anilines is 1. The van der Waals surface area contributed by atoms with Gasteiger partial charge in [-0.1, -0.05) is 24.2 Å². The van der Waals surface area contributed by atoms with E-state index in [-0.39, 0.29) is 5.91 Å². The van der Waals surface area contributed by atoms with Gasteiger partial charge in [0.05, 0.1) is 27.0 Å². The molecule has 0 spiro atoms. The molecule has 1 aliphatic rings. The number of nitrogens with one attached hydrogen (secondary N) is 1. The van der Waals surface area contributed by atoms with Crippen LogP contribution in [0.5, 0.6) is 5.75 Å². The van der Waals surface area contributed by atoms with Gasteiger partial charge in [-0.3, -0.25) is 10.1 Å². The van der Waals surface area contributed by atoms with Gasteiger partial charge in [-0.15, -0.1) is 11.3 Å². The van der Waals surface area contributed by atoms with Gasteiger partial charge >= 0.3 is 0 Å². The van der Waals surface area contributed by atoms with E-state index in [9.17, 15) is 4.79 Å². The number of ether oxygens (including phenoxy) is 1. The standard InChI is InChI=1S/C21H21N3O2S2/c1-2-26-14-7-8-15-18(11-14)28-21(22-15)23-20(25)17-12-19-16(9-10-27-19)24(17)13-5-3-4-6-13/h7-13H,2-6H2,1H3,(H,22,23,25). The zero-order valence-corrected chi connectivity index (χ0v) is 17.2. The van der Waals surface area contributed by atoms with Crippen LogP contribution in [-0.4, -0.2) is 22.1 Å². The maximum atomic E-state index is 13.1. The SMILES string of the molecule is CCOc1ccc2nc(NC(=O)c3cc4sccc4n3C3CCCC3)sc2c1. The van der Waals surface area contributed by atoms with Crippen LogP contribution < -0.4 is 10.1 Å². The van der Waals surface area contributed by atoms with E-state index in [0.29, 0.717) is 17.8 Å². The van der Waals surface area contributed by atoms with Gasteiger partial charge in [0.1, 0.15) is 11.4 Å². The second-order valence-corrected chi connectivity index (χ2v) is 9.02. The minimum Gasteiger partial charge on any atom is -0.494 e. The van der Waals surface area contributed by atoms with Gasteiger partial charge < -0.3 is 9.30 Å². The van der Waals surface area contributed by atoms with Crippen molar-refractivity contribution in [3.63, 3.8) is 0 Å². The molecule has 0 aliphatic heterocycles. The van der Waals surface area contributed by atoms with Crippen molar-refractivity contribution in [1.29, 1.82) is 0 Å². The molecule has 1 saturated carbocycles. The predicted molar refractivity (Wildman–Crippen MR) is 116 cm³/mol. The molecule has 4 aromatic rings.